The number of hydrogen-bond acceptors (Lipinski definition) is 1. The van der Waals surface area contributed by atoms with Crippen LogP contribution in [0.5, 0.6) is 0 Å². The van der Waals surface area contributed by atoms with Crippen molar-refractivity contribution in [3.63, 3.8) is 0 Å². The fourth-order valence-electron chi connectivity index (χ4n) is 2.17. The first-order valence-electron chi connectivity index (χ1n) is 5.40. The van der Waals surface area contributed by atoms with Gasteiger partial charge in [-0.3, -0.25) is 0 Å². The zero-order chi connectivity index (χ0) is 10.3. The second kappa shape index (κ2) is 3.09. The lowest BCUT2D eigenvalue weighted by Crippen LogP contribution is -2.43. The van der Waals surface area contributed by atoms with Gasteiger partial charge in [-0.15, -0.1) is 0 Å². The molecule has 1 aliphatic rings. The van der Waals surface area contributed by atoms with Gasteiger partial charge < -0.3 is 5.73 Å². The minimum Gasteiger partial charge on any atom is -0.321 e. The molecule has 76 valence electrons. The molecular formula is C13H19N. The van der Waals surface area contributed by atoms with Crippen LogP contribution in [-0.4, -0.2) is 0 Å². The molecule has 2 N–H and O–H groups in total. The zero-order valence-electron chi connectivity index (χ0n) is 9.35. The first kappa shape index (κ1) is 9.72. The summed E-state index contributed by atoms with van der Waals surface area (Å²) >= 11 is 0. The normalized spacial score (nSPS) is 19.1. The summed E-state index contributed by atoms with van der Waals surface area (Å²) in [4.78, 5) is 0. The summed E-state index contributed by atoms with van der Waals surface area (Å²) in [5, 5.41) is 0. The Hall–Kier alpha value is -0.820. The number of aryl methyl sites for hydroxylation is 2. The van der Waals surface area contributed by atoms with Gasteiger partial charge in [-0.2, -0.15) is 0 Å². The van der Waals surface area contributed by atoms with Crippen molar-refractivity contribution in [3.8, 4) is 0 Å². The molecule has 1 fully saturated rings. The van der Waals surface area contributed by atoms with Crippen molar-refractivity contribution in [2.45, 2.75) is 45.6 Å². The van der Waals surface area contributed by atoms with Gasteiger partial charge in [-0.05, 0) is 62.3 Å². The molecule has 0 unspecified atom stereocenters. The highest BCUT2D eigenvalue weighted by Crippen LogP contribution is 2.39. The molecule has 0 radical (unpaired) electrons. The summed E-state index contributed by atoms with van der Waals surface area (Å²) < 4.78 is 0. The van der Waals surface area contributed by atoms with Crippen LogP contribution in [0.15, 0.2) is 12.1 Å². The lowest BCUT2D eigenvalue weighted by molar-refractivity contribution is 0.253. The fraction of sp³-hybridized carbons (Fsp3) is 0.538. The molecule has 0 aliphatic heterocycles. The summed E-state index contributed by atoms with van der Waals surface area (Å²) in [5.41, 5.74) is 11.8. The molecule has 1 saturated carbocycles. The lowest BCUT2D eigenvalue weighted by atomic mass is 9.72. The zero-order valence-corrected chi connectivity index (χ0v) is 9.35. The van der Waals surface area contributed by atoms with Gasteiger partial charge in [0.1, 0.15) is 0 Å². The van der Waals surface area contributed by atoms with Gasteiger partial charge in [0.05, 0.1) is 0 Å². The second-order valence-electron chi connectivity index (χ2n) is 4.74. The second-order valence-corrected chi connectivity index (χ2v) is 4.74. The van der Waals surface area contributed by atoms with E-state index in [1.807, 2.05) is 0 Å². The van der Waals surface area contributed by atoms with E-state index in [9.17, 15) is 0 Å². The van der Waals surface area contributed by atoms with E-state index in [2.05, 4.69) is 32.9 Å². The van der Waals surface area contributed by atoms with Crippen molar-refractivity contribution in [2.75, 3.05) is 0 Å². The maximum absolute atomic E-state index is 6.31. The lowest BCUT2D eigenvalue weighted by Gasteiger charge is -2.39. The van der Waals surface area contributed by atoms with Gasteiger partial charge in [0.25, 0.3) is 0 Å². The predicted octanol–water partition coefficient (Wildman–Crippen LogP) is 2.95. The van der Waals surface area contributed by atoms with Crippen LogP contribution < -0.4 is 5.73 Å². The van der Waals surface area contributed by atoms with E-state index >= 15 is 0 Å². The van der Waals surface area contributed by atoms with Crippen LogP contribution in [0.4, 0.5) is 0 Å². The molecule has 0 spiro atoms. The van der Waals surface area contributed by atoms with Crippen LogP contribution in [0.2, 0.25) is 0 Å². The molecule has 1 nitrogen and oxygen atoms in total. The van der Waals surface area contributed by atoms with E-state index in [0.29, 0.717) is 0 Å². The first-order valence-corrected chi connectivity index (χ1v) is 5.40. The van der Waals surface area contributed by atoms with E-state index in [-0.39, 0.29) is 5.54 Å². The van der Waals surface area contributed by atoms with E-state index in [4.69, 9.17) is 5.73 Å². The van der Waals surface area contributed by atoms with Crippen LogP contribution in [0.1, 0.15) is 41.5 Å². The molecule has 1 heteroatoms. The SMILES string of the molecule is Cc1cc(C2(N)CCC2)cc(C)c1C. The maximum Gasteiger partial charge on any atom is 0.0409 e. The predicted molar refractivity (Wildman–Crippen MR) is 60.4 cm³/mol. The standard InChI is InChI=1S/C13H19N/c1-9-7-12(8-10(2)11(9)3)13(14)5-4-6-13/h7-8H,4-6,14H2,1-3H3. The molecule has 0 saturated heterocycles. The van der Waals surface area contributed by atoms with Gasteiger partial charge in [0.15, 0.2) is 0 Å². The number of rotatable bonds is 1. The highest BCUT2D eigenvalue weighted by atomic mass is 14.8. The molecule has 2 rings (SSSR count). The molecule has 0 heterocycles. The Labute approximate surface area is 86.3 Å². The van der Waals surface area contributed by atoms with E-state index < -0.39 is 0 Å². The third kappa shape index (κ3) is 1.36. The minimum absolute atomic E-state index is 0.0107. The fourth-order valence-corrected chi connectivity index (χ4v) is 2.17. The van der Waals surface area contributed by atoms with Crippen LogP contribution in [0, 0.1) is 20.8 Å². The maximum atomic E-state index is 6.31. The van der Waals surface area contributed by atoms with E-state index in [1.54, 1.807) is 0 Å². The molecule has 1 aromatic rings. The van der Waals surface area contributed by atoms with Crippen molar-refractivity contribution in [3.05, 3.63) is 34.4 Å². The molecule has 0 atom stereocenters. The minimum atomic E-state index is -0.0107. The quantitative estimate of drug-likeness (QED) is 0.722. The molecule has 0 bridgehead atoms. The molecule has 14 heavy (non-hydrogen) atoms. The van der Waals surface area contributed by atoms with Crippen LogP contribution >= 0.6 is 0 Å². The van der Waals surface area contributed by atoms with Crippen molar-refractivity contribution in [1.29, 1.82) is 0 Å². The van der Waals surface area contributed by atoms with Gasteiger partial charge in [0, 0.05) is 5.54 Å². The van der Waals surface area contributed by atoms with Gasteiger partial charge in [-0.25, -0.2) is 0 Å². The first-order chi connectivity index (χ1) is 6.53. The number of hydrogen-bond donors (Lipinski definition) is 1. The summed E-state index contributed by atoms with van der Waals surface area (Å²) in [6.07, 6.45) is 3.58. The van der Waals surface area contributed by atoms with Crippen LogP contribution in [-0.2, 0) is 5.54 Å². The molecule has 1 aliphatic carbocycles. The van der Waals surface area contributed by atoms with Gasteiger partial charge in [-0.1, -0.05) is 12.1 Å². The number of nitrogens with two attached hydrogens (primary N) is 1. The van der Waals surface area contributed by atoms with Crippen molar-refractivity contribution in [1.82, 2.24) is 0 Å². The van der Waals surface area contributed by atoms with E-state index in [1.165, 1.54) is 28.7 Å². The topological polar surface area (TPSA) is 26.0 Å². The smallest absolute Gasteiger partial charge is 0.0409 e. The Bertz CT molecular complexity index is 338. The Kier molecular flexibility index (Phi) is 2.15. The average molecular weight is 189 g/mol. The summed E-state index contributed by atoms with van der Waals surface area (Å²) in [7, 11) is 0. The molecule has 1 aromatic carbocycles. The van der Waals surface area contributed by atoms with Crippen molar-refractivity contribution < 1.29 is 0 Å². The van der Waals surface area contributed by atoms with Gasteiger partial charge >= 0.3 is 0 Å². The van der Waals surface area contributed by atoms with Crippen molar-refractivity contribution in [2.24, 2.45) is 5.73 Å². The average Bonchev–Trinajstić information content (AvgIpc) is 2.09. The Morgan fingerprint density at radius 2 is 1.57 bits per heavy atom. The van der Waals surface area contributed by atoms with E-state index in [0.717, 1.165) is 12.8 Å². The summed E-state index contributed by atoms with van der Waals surface area (Å²) in [6, 6.07) is 4.53. The van der Waals surface area contributed by atoms with Crippen LogP contribution in [0.3, 0.4) is 0 Å². The summed E-state index contributed by atoms with van der Waals surface area (Å²) in [5.74, 6) is 0. The molecule has 0 aromatic heterocycles. The monoisotopic (exact) mass is 189 g/mol. The Morgan fingerprint density at radius 3 is 1.93 bits per heavy atom. The third-order valence-corrected chi connectivity index (χ3v) is 3.75. The summed E-state index contributed by atoms with van der Waals surface area (Å²) in [6.45, 7) is 6.53. The number of benzene rings is 1. The largest absolute Gasteiger partial charge is 0.321 e. The highest BCUT2D eigenvalue weighted by Gasteiger charge is 2.34. The molecular weight excluding hydrogens is 170 g/mol. The third-order valence-electron chi connectivity index (χ3n) is 3.75. The Balaban J connectivity index is 2.45. The molecule has 0 amide bonds. The Morgan fingerprint density at radius 1 is 1.07 bits per heavy atom. The van der Waals surface area contributed by atoms with Crippen LogP contribution in [0.25, 0.3) is 0 Å². The highest BCUT2D eigenvalue weighted by molar-refractivity contribution is 5.40. The van der Waals surface area contributed by atoms with Crippen molar-refractivity contribution >= 4 is 0 Å². The van der Waals surface area contributed by atoms with Gasteiger partial charge in [0.2, 0.25) is 0 Å².